The normalized spacial score (nSPS) is 14.0. The lowest BCUT2D eigenvalue weighted by Crippen LogP contribution is -2.26. The number of nitro groups is 1. The van der Waals surface area contributed by atoms with E-state index in [9.17, 15) is 23.3 Å². The number of hydrogen-bond acceptors (Lipinski definition) is 5. The summed E-state index contributed by atoms with van der Waals surface area (Å²) in [4.78, 5) is 22.6. The topological polar surface area (TPSA) is 118 Å². The van der Waals surface area contributed by atoms with E-state index in [-0.39, 0.29) is 32.9 Å². The Morgan fingerprint density at radius 3 is 2.58 bits per heavy atom. The fourth-order valence-corrected chi connectivity index (χ4v) is 3.76. The van der Waals surface area contributed by atoms with Crippen LogP contribution in [0.2, 0.25) is 5.02 Å². The van der Waals surface area contributed by atoms with Gasteiger partial charge in [-0.2, -0.15) is 0 Å². The van der Waals surface area contributed by atoms with Crippen LogP contribution >= 0.6 is 11.6 Å². The summed E-state index contributed by atoms with van der Waals surface area (Å²) in [6, 6.07) is 9.37. The Hall–Kier alpha value is -2.49. The highest BCUT2D eigenvalue weighted by Gasteiger charge is 2.28. The lowest BCUT2D eigenvalue weighted by atomic mass is 10.2. The third kappa shape index (κ3) is 4.18. The summed E-state index contributed by atoms with van der Waals surface area (Å²) in [5.41, 5.74) is -0.0498. The van der Waals surface area contributed by atoms with E-state index in [1.54, 1.807) is 0 Å². The number of carbonyl (C=O) groups excluding carboxylic acids is 1. The quantitative estimate of drug-likeness (QED) is 0.575. The molecule has 10 heteroatoms. The molecule has 136 valence electrons. The van der Waals surface area contributed by atoms with Crippen molar-refractivity contribution < 1.29 is 18.1 Å². The Kier molecular flexibility index (Phi) is 4.94. The van der Waals surface area contributed by atoms with E-state index in [1.807, 2.05) is 0 Å². The predicted molar refractivity (Wildman–Crippen MR) is 95.8 cm³/mol. The van der Waals surface area contributed by atoms with Crippen LogP contribution in [0.1, 0.15) is 23.2 Å². The van der Waals surface area contributed by atoms with Gasteiger partial charge >= 0.3 is 0 Å². The molecule has 8 nitrogen and oxygen atoms in total. The van der Waals surface area contributed by atoms with Crippen LogP contribution < -0.4 is 10.0 Å². The molecule has 0 bridgehead atoms. The van der Waals surface area contributed by atoms with Gasteiger partial charge in [0.1, 0.15) is 5.02 Å². The number of hydrogen-bond donors (Lipinski definition) is 2. The zero-order chi connectivity index (χ0) is 18.9. The average molecular weight is 396 g/mol. The number of carbonyl (C=O) groups is 1. The Balaban J connectivity index is 1.81. The van der Waals surface area contributed by atoms with E-state index in [4.69, 9.17) is 11.6 Å². The molecule has 1 amide bonds. The molecule has 0 radical (unpaired) electrons. The Bertz CT molecular complexity index is 989. The lowest BCUT2D eigenvalue weighted by molar-refractivity contribution is -0.384. The largest absolute Gasteiger partial charge is 0.322 e. The van der Waals surface area contributed by atoms with Crippen molar-refractivity contribution in [3.8, 4) is 0 Å². The highest BCUT2D eigenvalue weighted by molar-refractivity contribution is 7.89. The maximum atomic E-state index is 12.4. The zero-order valence-corrected chi connectivity index (χ0v) is 14.9. The van der Waals surface area contributed by atoms with E-state index in [0.717, 1.165) is 18.9 Å². The van der Waals surface area contributed by atoms with Crippen molar-refractivity contribution in [2.24, 2.45) is 0 Å². The van der Waals surface area contributed by atoms with Crippen LogP contribution in [0.15, 0.2) is 47.4 Å². The molecule has 2 aromatic carbocycles. The Labute approximate surface area is 154 Å². The number of amides is 1. The van der Waals surface area contributed by atoms with Crippen LogP contribution in [0.3, 0.4) is 0 Å². The zero-order valence-electron chi connectivity index (χ0n) is 13.3. The number of rotatable bonds is 6. The fraction of sp³-hybridized carbons (Fsp3) is 0.188. The number of nitrogens with zero attached hydrogens (tertiary/aromatic N) is 1. The number of anilines is 1. The van der Waals surface area contributed by atoms with Gasteiger partial charge < -0.3 is 5.32 Å². The predicted octanol–water partition coefficient (Wildman–Crippen LogP) is 2.94. The van der Waals surface area contributed by atoms with Gasteiger partial charge in [-0.1, -0.05) is 17.7 Å². The number of sulfonamides is 1. The standard InChI is InChI=1S/C16H14ClN3O5S/c17-14-7-6-12(9-15(14)20(22)23)18-16(21)10-2-1-3-13(8-10)26(24,25)19-11-4-5-11/h1-3,6-9,11,19H,4-5H2,(H,18,21). The SMILES string of the molecule is O=C(Nc1ccc(Cl)c([N+](=O)[O-])c1)c1cccc(S(=O)(=O)NC2CC2)c1. The first-order chi connectivity index (χ1) is 12.3. The van der Waals surface area contributed by atoms with Gasteiger partial charge in [0.2, 0.25) is 10.0 Å². The molecule has 0 aromatic heterocycles. The second kappa shape index (κ2) is 7.02. The number of halogens is 1. The summed E-state index contributed by atoms with van der Waals surface area (Å²) in [5, 5.41) is 13.4. The summed E-state index contributed by atoms with van der Waals surface area (Å²) in [5.74, 6) is -0.593. The molecule has 0 unspecified atom stereocenters. The van der Waals surface area contributed by atoms with Crippen molar-refractivity contribution in [2.45, 2.75) is 23.8 Å². The Morgan fingerprint density at radius 2 is 1.92 bits per heavy atom. The van der Waals surface area contributed by atoms with Crippen LogP contribution in [0.5, 0.6) is 0 Å². The monoisotopic (exact) mass is 395 g/mol. The van der Waals surface area contributed by atoms with Crippen LogP contribution in [0.4, 0.5) is 11.4 Å². The van der Waals surface area contributed by atoms with E-state index < -0.39 is 20.9 Å². The summed E-state index contributed by atoms with van der Waals surface area (Å²) in [6.07, 6.45) is 1.60. The van der Waals surface area contributed by atoms with Crippen LogP contribution in [-0.2, 0) is 10.0 Å². The number of nitro benzene ring substituents is 1. The summed E-state index contributed by atoms with van der Waals surface area (Å²) >= 11 is 5.73. The summed E-state index contributed by atoms with van der Waals surface area (Å²) in [6.45, 7) is 0. The van der Waals surface area contributed by atoms with E-state index in [1.165, 1.54) is 36.4 Å². The van der Waals surface area contributed by atoms with Gasteiger partial charge in [0.05, 0.1) is 9.82 Å². The van der Waals surface area contributed by atoms with Gasteiger partial charge in [-0.3, -0.25) is 14.9 Å². The molecule has 0 atom stereocenters. The van der Waals surface area contributed by atoms with Gasteiger partial charge in [0.15, 0.2) is 0 Å². The Morgan fingerprint density at radius 1 is 1.19 bits per heavy atom. The van der Waals surface area contributed by atoms with Crippen molar-refractivity contribution in [3.63, 3.8) is 0 Å². The molecule has 0 saturated heterocycles. The molecular weight excluding hydrogens is 382 g/mol. The third-order valence-electron chi connectivity index (χ3n) is 3.71. The van der Waals surface area contributed by atoms with Crippen LogP contribution in [0, 0.1) is 10.1 Å². The first kappa shape index (κ1) is 18.3. The highest BCUT2D eigenvalue weighted by atomic mass is 35.5. The second-order valence-corrected chi connectivity index (χ2v) is 7.92. The summed E-state index contributed by atoms with van der Waals surface area (Å²) < 4.78 is 27.0. The first-order valence-corrected chi connectivity index (χ1v) is 9.50. The minimum Gasteiger partial charge on any atom is -0.322 e. The molecule has 2 aromatic rings. The first-order valence-electron chi connectivity index (χ1n) is 7.64. The number of nitrogens with one attached hydrogen (secondary N) is 2. The number of benzene rings is 2. The van der Waals surface area contributed by atoms with Crippen molar-refractivity contribution >= 4 is 38.9 Å². The molecule has 26 heavy (non-hydrogen) atoms. The van der Waals surface area contributed by atoms with Gasteiger partial charge in [-0.05, 0) is 43.2 Å². The van der Waals surface area contributed by atoms with Crippen molar-refractivity contribution in [1.82, 2.24) is 4.72 Å². The van der Waals surface area contributed by atoms with Gasteiger partial charge in [-0.25, -0.2) is 13.1 Å². The minimum atomic E-state index is -3.69. The van der Waals surface area contributed by atoms with E-state index in [0.29, 0.717) is 0 Å². The van der Waals surface area contributed by atoms with E-state index >= 15 is 0 Å². The maximum Gasteiger partial charge on any atom is 0.289 e. The smallest absolute Gasteiger partial charge is 0.289 e. The van der Waals surface area contributed by atoms with Gasteiger partial charge in [-0.15, -0.1) is 0 Å². The molecule has 1 aliphatic rings. The molecule has 1 fully saturated rings. The van der Waals surface area contributed by atoms with Crippen molar-refractivity contribution in [2.75, 3.05) is 5.32 Å². The van der Waals surface area contributed by atoms with Gasteiger partial charge in [0, 0.05) is 23.4 Å². The maximum absolute atomic E-state index is 12.4. The second-order valence-electron chi connectivity index (χ2n) is 5.80. The molecule has 0 heterocycles. The van der Waals surface area contributed by atoms with E-state index in [2.05, 4.69) is 10.0 Å². The molecule has 2 N–H and O–H groups in total. The van der Waals surface area contributed by atoms with Gasteiger partial charge in [0.25, 0.3) is 11.6 Å². The molecule has 0 aliphatic heterocycles. The third-order valence-corrected chi connectivity index (χ3v) is 5.54. The van der Waals surface area contributed by atoms with Crippen molar-refractivity contribution in [1.29, 1.82) is 0 Å². The van der Waals surface area contributed by atoms with Crippen molar-refractivity contribution in [3.05, 3.63) is 63.2 Å². The summed E-state index contributed by atoms with van der Waals surface area (Å²) in [7, 11) is -3.69. The minimum absolute atomic E-state index is 0.0147. The lowest BCUT2D eigenvalue weighted by Gasteiger charge is -2.09. The van der Waals surface area contributed by atoms with Crippen LogP contribution in [0.25, 0.3) is 0 Å². The molecule has 3 rings (SSSR count). The molecular formula is C16H14ClN3O5S. The average Bonchev–Trinajstić information content (AvgIpc) is 3.39. The highest BCUT2D eigenvalue weighted by Crippen LogP contribution is 2.28. The molecule has 1 aliphatic carbocycles. The molecule has 0 spiro atoms. The van der Waals surface area contributed by atoms with Crippen LogP contribution in [-0.4, -0.2) is 25.3 Å². The molecule has 1 saturated carbocycles. The fourth-order valence-electron chi connectivity index (χ4n) is 2.23.